The van der Waals surface area contributed by atoms with E-state index in [1.807, 2.05) is 0 Å². The summed E-state index contributed by atoms with van der Waals surface area (Å²) in [6, 6.07) is 1.69. The lowest BCUT2D eigenvalue weighted by molar-refractivity contribution is -0.239. The predicted octanol–water partition coefficient (Wildman–Crippen LogP) is -0.588. The van der Waals surface area contributed by atoms with Crippen molar-refractivity contribution in [1.29, 1.82) is 0 Å². The second-order valence-electron chi connectivity index (χ2n) is 13.6. The summed E-state index contributed by atoms with van der Waals surface area (Å²) in [6.45, 7) is 2.83. The van der Waals surface area contributed by atoms with Crippen molar-refractivity contribution >= 4 is 47.3 Å². The van der Waals surface area contributed by atoms with Crippen molar-refractivity contribution in [2.24, 2.45) is 11.7 Å². The molecule has 0 aromatic heterocycles. The highest BCUT2D eigenvalue weighted by Crippen LogP contribution is 2.23. The highest BCUT2D eigenvalue weighted by atomic mass is 19.1. The van der Waals surface area contributed by atoms with Crippen LogP contribution in [0.2, 0.25) is 0 Å². The fourth-order valence-electron chi connectivity index (χ4n) is 5.90. The Bertz CT molecular complexity index is 1480. The third kappa shape index (κ3) is 14.0. The number of aliphatic hydroxyl groups excluding tert-OH is 3. The van der Waals surface area contributed by atoms with Gasteiger partial charge in [0.1, 0.15) is 36.9 Å². The van der Waals surface area contributed by atoms with E-state index in [1.54, 1.807) is 13.8 Å². The maximum atomic E-state index is 14.2. The number of hydrogen-bond donors (Lipinski definition) is 9. The van der Waals surface area contributed by atoms with E-state index in [0.29, 0.717) is 37.1 Å². The first-order valence-corrected chi connectivity index (χ1v) is 18.2. The van der Waals surface area contributed by atoms with Crippen molar-refractivity contribution in [2.45, 2.75) is 115 Å². The quantitative estimate of drug-likeness (QED) is 0.0593. The molecule has 0 spiro atoms. The van der Waals surface area contributed by atoms with Crippen LogP contribution in [0.1, 0.15) is 70.8 Å². The Morgan fingerprint density at radius 3 is 2.27 bits per heavy atom. The molecule has 1 aromatic carbocycles. The minimum absolute atomic E-state index is 0.0961. The lowest BCUT2D eigenvalue weighted by Crippen LogP contribution is -2.63. The third-order valence-corrected chi connectivity index (χ3v) is 9.03. The molecule has 7 atom stereocenters. The Morgan fingerprint density at radius 1 is 0.982 bits per heavy atom. The van der Waals surface area contributed by atoms with Gasteiger partial charge in [-0.25, -0.2) is 14.0 Å². The minimum atomic E-state index is -2.07. The molecule has 0 saturated carbocycles. The number of halogens is 1. The average Bonchev–Trinajstić information content (AvgIpc) is 3.46. The van der Waals surface area contributed by atoms with Crippen LogP contribution in [-0.2, 0) is 40.1 Å². The Kier molecular flexibility index (Phi) is 17.7. The molecule has 0 radical (unpaired) electrons. The van der Waals surface area contributed by atoms with Crippen molar-refractivity contribution in [2.75, 3.05) is 25.0 Å². The number of alkyl halides is 1. The number of nitrogens with zero attached hydrogens (tertiary/aromatic N) is 1. The van der Waals surface area contributed by atoms with E-state index in [1.165, 1.54) is 29.2 Å². The van der Waals surface area contributed by atoms with Crippen LogP contribution in [0.25, 0.3) is 0 Å². The second-order valence-corrected chi connectivity index (χ2v) is 13.6. The summed E-state index contributed by atoms with van der Waals surface area (Å²) in [5, 5.41) is 41.9. The molecule has 3 unspecified atom stereocenters. The standard InChI is InChI=1S/C35H52FN7O12/c1-19(2)28(41-24(45)8-4-3-5-16-43-25(46)13-14-26(43)47)32(50)40-22(7-6-15-38-34(37)52)31(49)39-21-11-9-20(10-12-21)18-54-35(53)42-29-30(48)27(36)23(17-44)55-33(29)51/h9-12,19,22-23,27-30,33,44,48,51H,3-8,13-18H2,1-2H3,(H,39,49)(H,40,50)(H,41,45)(H,42,53)(H3,37,38,52)/t22?,23-,27-,28?,29-,30+,33?/m1/s1. The fraction of sp³-hybridized carbons (Fsp3) is 0.629. The minimum Gasteiger partial charge on any atom is -0.445 e. The van der Waals surface area contributed by atoms with Crippen molar-refractivity contribution in [3.8, 4) is 0 Å². The number of imide groups is 1. The highest BCUT2D eigenvalue weighted by Gasteiger charge is 2.45. The maximum absolute atomic E-state index is 14.2. The number of unbranched alkanes of at least 4 members (excludes halogenated alkanes) is 2. The molecule has 2 aliphatic rings. The van der Waals surface area contributed by atoms with E-state index in [9.17, 15) is 48.2 Å². The summed E-state index contributed by atoms with van der Waals surface area (Å²) in [6.07, 6.45) is -5.75. The van der Waals surface area contributed by atoms with Crippen LogP contribution < -0.4 is 32.3 Å². The average molecular weight is 782 g/mol. The van der Waals surface area contributed by atoms with E-state index >= 15 is 0 Å². The van der Waals surface area contributed by atoms with Gasteiger partial charge in [-0.2, -0.15) is 0 Å². The number of nitrogens with two attached hydrogens (primary N) is 1. The van der Waals surface area contributed by atoms with Gasteiger partial charge in [0.2, 0.25) is 29.5 Å². The predicted molar refractivity (Wildman–Crippen MR) is 191 cm³/mol. The molecule has 55 heavy (non-hydrogen) atoms. The summed E-state index contributed by atoms with van der Waals surface area (Å²) in [5.74, 6) is -2.30. The van der Waals surface area contributed by atoms with E-state index in [-0.39, 0.29) is 68.9 Å². The first-order chi connectivity index (χ1) is 26.1. The Labute approximate surface area is 317 Å². The summed E-state index contributed by atoms with van der Waals surface area (Å²) in [5.41, 5.74) is 5.92. The molecule has 1 aromatic rings. The van der Waals surface area contributed by atoms with Gasteiger partial charge in [-0.15, -0.1) is 0 Å². The SMILES string of the molecule is CC(C)C(NC(=O)CCCCCN1C(=O)CCC1=O)C(=O)NC(CCCNC(N)=O)C(=O)Nc1ccc(COC(=O)N[C@H]2C(O)O[C@H](CO)[C@@H](F)[C@@H]2O)cc1. The number of urea groups is 1. The summed E-state index contributed by atoms with van der Waals surface area (Å²) >= 11 is 0. The monoisotopic (exact) mass is 781 g/mol. The zero-order chi connectivity index (χ0) is 40.7. The number of hydrogen-bond acceptors (Lipinski definition) is 12. The van der Waals surface area contributed by atoms with Crippen LogP contribution in [0.5, 0.6) is 0 Å². The molecule has 20 heteroatoms. The first-order valence-electron chi connectivity index (χ1n) is 18.2. The zero-order valence-corrected chi connectivity index (χ0v) is 30.8. The van der Waals surface area contributed by atoms with Gasteiger partial charge in [0.25, 0.3) is 0 Å². The summed E-state index contributed by atoms with van der Waals surface area (Å²) in [4.78, 5) is 87.8. The van der Waals surface area contributed by atoms with Gasteiger partial charge >= 0.3 is 12.1 Å². The number of aliphatic hydroxyl groups is 3. The number of likely N-dealkylation sites (tertiary alicyclic amines) is 1. The molecule has 306 valence electrons. The highest BCUT2D eigenvalue weighted by molar-refractivity contribution is 6.02. The van der Waals surface area contributed by atoms with Gasteiger partial charge in [0.05, 0.1) is 6.61 Å². The number of nitrogens with one attached hydrogen (secondary N) is 5. The molecule has 10 N–H and O–H groups in total. The van der Waals surface area contributed by atoms with Crippen LogP contribution in [0.4, 0.5) is 19.7 Å². The van der Waals surface area contributed by atoms with Gasteiger partial charge in [0.15, 0.2) is 12.5 Å². The van der Waals surface area contributed by atoms with Crippen LogP contribution in [-0.4, -0.2) is 124 Å². The van der Waals surface area contributed by atoms with E-state index in [2.05, 4.69) is 26.6 Å². The van der Waals surface area contributed by atoms with Gasteiger partial charge in [0, 0.05) is 38.0 Å². The Balaban J connectivity index is 1.52. The van der Waals surface area contributed by atoms with E-state index in [4.69, 9.17) is 20.3 Å². The summed E-state index contributed by atoms with van der Waals surface area (Å²) < 4.78 is 24.2. The lowest BCUT2D eigenvalue weighted by Gasteiger charge is -2.38. The van der Waals surface area contributed by atoms with Crippen LogP contribution in [0, 0.1) is 5.92 Å². The normalized spacial score (nSPS) is 22.1. The number of benzene rings is 1. The third-order valence-electron chi connectivity index (χ3n) is 9.03. The molecule has 0 aliphatic carbocycles. The van der Waals surface area contributed by atoms with Gasteiger partial charge in [-0.05, 0) is 49.3 Å². The number of ether oxygens (including phenoxy) is 2. The number of rotatable bonds is 20. The second kappa shape index (κ2) is 21.8. The van der Waals surface area contributed by atoms with Crippen LogP contribution >= 0.6 is 0 Å². The van der Waals surface area contributed by atoms with Crippen molar-refractivity contribution in [3.63, 3.8) is 0 Å². The summed E-state index contributed by atoms with van der Waals surface area (Å²) in [7, 11) is 0. The van der Waals surface area contributed by atoms with Crippen LogP contribution in [0.3, 0.4) is 0 Å². The molecule has 19 nitrogen and oxygen atoms in total. The molecule has 3 rings (SSSR count). The van der Waals surface area contributed by atoms with E-state index < -0.39 is 73.3 Å². The topological polar surface area (TPSA) is 288 Å². The van der Waals surface area contributed by atoms with Gasteiger partial charge in [-0.3, -0.25) is 28.9 Å². The number of alkyl carbamates (subject to hydrolysis) is 1. The molecule has 2 saturated heterocycles. The Hall–Kier alpha value is -4.92. The number of anilines is 1. The van der Waals surface area contributed by atoms with Gasteiger partial charge < -0.3 is 57.1 Å². The lowest BCUT2D eigenvalue weighted by atomic mass is 9.98. The van der Waals surface area contributed by atoms with Crippen molar-refractivity contribution in [3.05, 3.63) is 29.8 Å². The fourth-order valence-corrected chi connectivity index (χ4v) is 5.90. The van der Waals surface area contributed by atoms with Crippen LogP contribution in [0.15, 0.2) is 24.3 Å². The van der Waals surface area contributed by atoms with Gasteiger partial charge in [-0.1, -0.05) is 32.4 Å². The molecule has 0 bridgehead atoms. The number of carbonyl (C=O) groups is 7. The number of carbonyl (C=O) groups excluding carboxylic acids is 7. The zero-order valence-electron chi connectivity index (χ0n) is 30.8. The molecular weight excluding hydrogens is 729 g/mol. The molecule has 2 aliphatic heterocycles. The van der Waals surface area contributed by atoms with Crippen molar-refractivity contribution in [1.82, 2.24) is 26.2 Å². The smallest absolute Gasteiger partial charge is 0.407 e. The first kappa shape index (κ1) is 44.5. The number of amides is 8. The molecule has 8 amide bonds. The van der Waals surface area contributed by atoms with Crippen molar-refractivity contribution < 1.29 is 62.7 Å². The maximum Gasteiger partial charge on any atom is 0.407 e. The molecule has 2 heterocycles. The Morgan fingerprint density at radius 2 is 1.65 bits per heavy atom. The molecule has 2 fully saturated rings. The van der Waals surface area contributed by atoms with E-state index in [0.717, 1.165) is 0 Å². The largest absolute Gasteiger partial charge is 0.445 e. The molecular formula is C35H52FN7O12. The number of primary amides is 1.